The lowest BCUT2D eigenvalue weighted by molar-refractivity contribution is 0.362. The number of hydrogen-bond donors (Lipinski definition) is 1. The fourth-order valence-corrected chi connectivity index (χ4v) is 3.10. The monoisotopic (exact) mass is 223 g/mol. The molecule has 16 heavy (non-hydrogen) atoms. The Bertz CT molecular complexity index is 393. The maximum atomic E-state index is 13.2. The zero-order valence-electron chi connectivity index (χ0n) is 9.05. The number of rotatable bonds is 1. The van der Waals surface area contributed by atoms with E-state index in [1.807, 2.05) is 0 Å². The summed E-state index contributed by atoms with van der Waals surface area (Å²) >= 11 is 0. The molecule has 2 fully saturated rings. The summed E-state index contributed by atoms with van der Waals surface area (Å²) in [6, 6.07) is 5.50. The van der Waals surface area contributed by atoms with Crippen molar-refractivity contribution < 1.29 is 8.78 Å². The standard InChI is InChI=1S/C13H15F2N/c14-12-4-1-8(7-13(12)15)9-5-10-2-3-11(6-9)16-10/h1,4,7,9-11,16H,2-3,5-6H2/t9?,10-,11+. The van der Waals surface area contributed by atoms with Crippen LogP contribution in [0.15, 0.2) is 18.2 Å². The Hall–Kier alpha value is -0.960. The van der Waals surface area contributed by atoms with Crippen molar-refractivity contribution in [1.82, 2.24) is 5.32 Å². The van der Waals surface area contributed by atoms with Gasteiger partial charge < -0.3 is 5.32 Å². The molecule has 3 heteroatoms. The van der Waals surface area contributed by atoms with Crippen LogP contribution in [0.1, 0.15) is 37.2 Å². The SMILES string of the molecule is Fc1ccc(C2C[C@H]3CC[C@@H](C2)N3)cc1F. The second kappa shape index (κ2) is 3.81. The Morgan fingerprint density at radius 1 is 1.00 bits per heavy atom. The molecule has 0 amide bonds. The van der Waals surface area contributed by atoms with Gasteiger partial charge in [0.15, 0.2) is 11.6 Å². The van der Waals surface area contributed by atoms with Gasteiger partial charge in [0, 0.05) is 12.1 Å². The predicted molar refractivity (Wildman–Crippen MR) is 58.3 cm³/mol. The fraction of sp³-hybridized carbons (Fsp3) is 0.538. The van der Waals surface area contributed by atoms with Crippen LogP contribution >= 0.6 is 0 Å². The van der Waals surface area contributed by atoms with Crippen LogP contribution in [0.5, 0.6) is 0 Å². The van der Waals surface area contributed by atoms with Crippen LogP contribution in [0.4, 0.5) is 8.78 Å². The van der Waals surface area contributed by atoms with Crippen LogP contribution < -0.4 is 5.32 Å². The first-order valence-electron chi connectivity index (χ1n) is 5.93. The summed E-state index contributed by atoms with van der Waals surface area (Å²) < 4.78 is 26.0. The van der Waals surface area contributed by atoms with Crippen LogP contribution in [0.25, 0.3) is 0 Å². The van der Waals surface area contributed by atoms with Crippen molar-refractivity contribution in [2.45, 2.75) is 43.7 Å². The summed E-state index contributed by atoms with van der Waals surface area (Å²) in [5.74, 6) is -1.07. The first-order valence-corrected chi connectivity index (χ1v) is 5.93. The minimum absolute atomic E-state index is 0.397. The molecule has 0 aliphatic carbocycles. The molecule has 1 unspecified atom stereocenters. The van der Waals surface area contributed by atoms with Gasteiger partial charge in [0.2, 0.25) is 0 Å². The van der Waals surface area contributed by atoms with Gasteiger partial charge in [-0.1, -0.05) is 6.07 Å². The summed E-state index contributed by atoms with van der Waals surface area (Å²) in [6.07, 6.45) is 4.57. The average Bonchev–Trinajstić information content (AvgIpc) is 2.62. The zero-order valence-corrected chi connectivity index (χ0v) is 9.05. The Balaban J connectivity index is 1.84. The zero-order chi connectivity index (χ0) is 11.1. The second-order valence-corrected chi connectivity index (χ2v) is 4.98. The summed E-state index contributed by atoms with van der Waals surface area (Å²) in [5.41, 5.74) is 0.956. The van der Waals surface area contributed by atoms with E-state index in [9.17, 15) is 8.78 Å². The molecule has 0 radical (unpaired) electrons. The summed E-state index contributed by atoms with van der Waals surface area (Å²) in [5, 5.41) is 3.55. The van der Waals surface area contributed by atoms with Gasteiger partial charge in [0.05, 0.1) is 0 Å². The third kappa shape index (κ3) is 1.73. The number of fused-ring (bicyclic) bond motifs is 2. The van der Waals surface area contributed by atoms with E-state index in [1.54, 1.807) is 6.07 Å². The molecule has 1 aromatic rings. The molecule has 0 saturated carbocycles. The fourth-order valence-electron chi connectivity index (χ4n) is 3.10. The molecule has 1 aromatic carbocycles. The minimum atomic E-state index is -0.749. The second-order valence-electron chi connectivity index (χ2n) is 4.98. The highest BCUT2D eigenvalue weighted by Gasteiger charge is 2.34. The van der Waals surface area contributed by atoms with Crippen molar-refractivity contribution in [3.05, 3.63) is 35.4 Å². The van der Waals surface area contributed by atoms with Gasteiger partial charge in [-0.25, -0.2) is 8.78 Å². The number of halogens is 2. The topological polar surface area (TPSA) is 12.0 Å². The first kappa shape index (κ1) is 10.2. The molecule has 0 aromatic heterocycles. The molecule has 2 saturated heterocycles. The number of benzene rings is 1. The summed E-state index contributed by atoms with van der Waals surface area (Å²) in [4.78, 5) is 0. The van der Waals surface area contributed by atoms with Gasteiger partial charge in [0.25, 0.3) is 0 Å². The van der Waals surface area contributed by atoms with Gasteiger partial charge >= 0.3 is 0 Å². The molecule has 2 bridgehead atoms. The van der Waals surface area contributed by atoms with E-state index < -0.39 is 11.6 Å². The van der Waals surface area contributed by atoms with Crippen LogP contribution in [0.3, 0.4) is 0 Å². The Kier molecular flexibility index (Phi) is 2.43. The maximum absolute atomic E-state index is 13.2. The van der Waals surface area contributed by atoms with Crippen molar-refractivity contribution in [2.75, 3.05) is 0 Å². The van der Waals surface area contributed by atoms with E-state index in [2.05, 4.69) is 5.32 Å². The van der Waals surface area contributed by atoms with E-state index in [4.69, 9.17) is 0 Å². The largest absolute Gasteiger partial charge is 0.311 e. The van der Waals surface area contributed by atoms with Gasteiger partial charge in [0.1, 0.15) is 0 Å². The average molecular weight is 223 g/mol. The van der Waals surface area contributed by atoms with E-state index in [1.165, 1.54) is 25.0 Å². The van der Waals surface area contributed by atoms with Gasteiger partial charge in [-0.05, 0) is 49.3 Å². The molecule has 1 N–H and O–H groups in total. The first-order chi connectivity index (χ1) is 7.72. The highest BCUT2D eigenvalue weighted by molar-refractivity contribution is 5.23. The quantitative estimate of drug-likeness (QED) is 0.771. The summed E-state index contributed by atoms with van der Waals surface area (Å²) in [6.45, 7) is 0. The minimum Gasteiger partial charge on any atom is -0.311 e. The maximum Gasteiger partial charge on any atom is 0.159 e. The van der Waals surface area contributed by atoms with Gasteiger partial charge in [-0.3, -0.25) is 0 Å². The Morgan fingerprint density at radius 2 is 1.69 bits per heavy atom. The Labute approximate surface area is 93.9 Å². The van der Waals surface area contributed by atoms with Crippen molar-refractivity contribution in [3.8, 4) is 0 Å². The number of piperidine rings is 1. The molecule has 1 nitrogen and oxygen atoms in total. The van der Waals surface area contributed by atoms with E-state index in [0.29, 0.717) is 18.0 Å². The lowest BCUT2D eigenvalue weighted by Gasteiger charge is -2.29. The lowest BCUT2D eigenvalue weighted by Crippen LogP contribution is -2.37. The van der Waals surface area contributed by atoms with Crippen molar-refractivity contribution in [2.24, 2.45) is 0 Å². The van der Waals surface area contributed by atoms with E-state index in [-0.39, 0.29) is 0 Å². The van der Waals surface area contributed by atoms with Crippen LogP contribution in [-0.4, -0.2) is 12.1 Å². The van der Waals surface area contributed by atoms with Crippen LogP contribution in [0.2, 0.25) is 0 Å². The van der Waals surface area contributed by atoms with Gasteiger partial charge in [-0.15, -0.1) is 0 Å². The molecule has 3 atom stereocenters. The molecule has 3 rings (SSSR count). The van der Waals surface area contributed by atoms with Crippen molar-refractivity contribution >= 4 is 0 Å². The predicted octanol–water partition coefficient (Wildman–Crippen LogP) is 2.96. The normalized spacial score (nSPS) is 33.0. The molecule has 2 aliphatic rings. The summed E-state index contributed by atoms with van der Waals surface area (Å²) in [7, 11) is 0. The van der Waals surface area contributed by atoms with Gasteiger partial charge in [-0.2, -0.15) is 0 Å². The third-order valence-electron chi connectivity index (χ3n) is 3.89. The van der Waals surface area contributed by atoms with E-state index >= 15 is 0 Å². The number of nitrogens with one attached hydrogen (secondary N) is 1. The smallest absolute Gasteiger partial charge is 0.159 e. The highest BCUT2D eigenvalue weighted by Crippen LogP contribution is 2.37. The van der Waals surface area contributed by atoms with Crippen LogP contribution in [0, 0.1) is 11.6 Å². The van der Waals surface area contributed by atoms with Crippen molar-refractivity contribution in [1.29, 1.82) is 0 Å². The third-order valence-corrected chi connectivity index (χ3v) is 3.89. The lowest BCUT2D eigenvalue weighted by atomic mass is 9.86. The molecule has 2 aliphatic heterocycles. The molecule has 86 valence electrons. The van der Waals surface area contributed by atoms with Crippen LogP contribution in [-0.2, 0) is 0 Å². The molecule has 0 spiro atoms. The molecule has 2 heterocycles. The molecular weight excluding hydrogens is 208 g/mol. The Morgan fingerprint density at radius 3 is 2.31 bits per heavy atom. The molecular formula is C13H15F2N. The van der Waals surface area contributed by atoms with E-state index in [0.717, 1.165) is 18.4 Å². The van der Waals surface area contributed by atoms with Crippen molar-refractivity contribution in [3.63, 3.8) is 0 Å². The highest BCUT2D eigenvalue weighted by atomic mass is 19.2. The number of hydrogen-bond acceptors (Lipinski definition) is 1.